The zero-order valence-electron chi connectivity index (χ0n) is 13.8. The van der Waals surface area contributed by atoms with E-state index in [-0.39, 0.29) is 11.5 Å². The Hall–Kier alpha value is -2.33. The molecule has 0 aliphatic heterocycles. The molecule has 0 heterocycles. The molecule has 1 aromatic carbocycles. The fourth-order valence-corrected chi connectivity index (χ4v) is 2.49. The summed E-state index contributed by atoms with van der Waals surface area (Å²) in [5.41, 5.74) is 1.49. The van der Waals surface area contributed by atoms with E-state index in [0.29, 0.717) is 6.42 Å². The van der Waals surface area contributed by atoms with E-state index >= 15 is 0 Å². The molecule has 1 amide bonds. The van der Waals surface area contributed by atoms with Crippen LogP contribution < -0.4 is 10.6 Å². The zero-order valence-corrected chi connectivity index (χ0v) is 15.3. The number of aliphatic carboxylic acids is 1. The fraction of sp³-hybridized carbons (Fsp3) is 0.353. The van der Waals surface area contributed by atoms with Gasteiger partial charge in [-0.15, -0.1) is 0 Å². The number of nitriles is 1. The van der Waals surface area contributed by atoms with Gasteiger partial charge < -0.3 is 15.7 Å². The van der Waals surface area contributed by atoms with E-state index in [2.05, 4.69) is 26.6 Å². The molecule has 0 aromatic heterocycles. The number of nitrogens with one attached hydrogen (secondary N) is 2. The van der Waals surface area contributed by atoms with Crippen molar-refractivity contribution in [2.45, 2.75) is 33.2 Å². The molecule has 128 valence electrons. The van der Waals surface area contributed by atoms with Crippen LogP contribution in [0.3, 0.4) is 0 Å². The molecule has 1 rings (SSSR count). The molecule has 3 N–H and O–H groups in total. The number of carbonyl (C=O) groups is 2. The first-order chi connectivity index (χ1) is 11.2. The van der Waals surface area contributed by atoms with E-state index in [4.69, 9.17) is 10.4 Å². The van der Waals surface area contributed by atoms with Gasteiger partial charge in [0.2, 0.25) is 0 Å². The molecule has 0 aliphatic carbocycles. The second-order valence-electron chi connectivity index (χ2n) is 5.77. The number of halogens is 1. The van der Waals surface area contributed by atoms with Crippen molar-refractivity contribution in [1.29, 1.82) is 5.26 Å². The maximum Gasteiger partial charge on any atom is 0.326 e. The summed E-state index contributed by atoms with van der Waals surface area (Å²) in [6.07, 6.45) is 1.57. The van der Waals surface area contributed by atoms with Crippen LogP contribution in [-0.4, -0.2) is 23.0 Å². The van der Waals surface area contributed by atoms with E-state index in [9.17, 15) is 9.59 Å². The van der Waals surface area contributed by atoms with Crippen molar-refractivity contribution in [2.24, 2.45) is 5.92 Å². The van der Waals surface area contributed by atoms with Gasteiger partial charge in [0, 0.05) is 16.4 Å². The molecule has 0 fully saturated rings. The van der Waals surface area contributed by atoms with E-state index in [1.54, 1.807) is 6.07 Å². The zero-order chi connectivity index (χ0) is 18.3. The van der Waals surface area contributed by atoms with Crippen molar-refractivity contribution in [1.82, 2.24) is 5.32 Å². The first-order valence-electron chi connectivity index (χ1n) is 7.41. The summed E-state index contributed by atoms with van der Waals surface area (Å²) in [6.45, 7) is 5.61. The van der Waals surface area contributed by atoms with Crippen LogP contribution in [0.15, 0.2) is 34.4 Å². The molecule has 0 spiro atoms. The summed E-state index contributed by atoms with van der Waals surface area (Å²) in [5, 5.41) is 23.6. The SMILES string of the molecule is Cc1cc(Br)ccc1N/C=C(/C#N)C(=O)NC(CC(C)C)C(=O)O. The second kappa shape index (κ2) is 9.08. The van der Waals surface area contributed by atoms with Gasteiger partial charge in [0.25, 0.3) is 5.91 Å². The quantitative estimate of drug-likeness (QED) is 0.487. The van der Waals surface area contributed by atoms with Crippen LogP contribution in [0.25, 0.3) is 0 Å². The largest absolute Gasteiger partial charge is 0.480 e. The van der Waals surface area contributed by atoms with Crippen LogP contribution in [0.2, 0.25) is 0 Å². The Bertz CT molecular complexity index is 693. The number of anilines is 1. The third kappa shape index (κ3) is 6.05. The van der Waals surface area contributed by atoms with Crippen LogP contribution >= 0.6 is 15.9 Å². The molecule has 0 saturated heterocycles. The number of hydrogen-bond acceptors (Lipinski definition) is 4. The van der Waals surface area contributed by atoms with Gasteiger partial charge in [0.05, 0.1) is 0 Å². The van der Waals surface area contributed by atoms with Crippen LogP contribution in [-0.2, 0) is 9.59 Å². The van der Waals surface area contributed by atoms with Crippen molar-refractivity contribution in [3.63, 3.8) is 0 Å². The third-order valence-corrected chi connectivity index (χ3v) is 3.73. The highest BCUT2D eigenvalue weighted by molar-refractivity contribution is 9.10. The third-order valence-electron chi connectivity index (χ3n) is 3.24. The van der Waals surface area contributed by atoms with Crippen LogP contribution in [0.1, 0.15) is 25.8 Å². The maximum atomic E-state index is 12.1. The summed E-state index contributed by atoms with van der Waals surface area (Å²) in [5.74, 6) is -1.73. The molecule has 0 aliphatic rings. The molecule has 0 radical (unpaired) electrons. The second-order valence-corrected chi connectivity index (χ2v) is 6.68. The van der Waals surface area contributed by atoms with Crippen LogP contribution in [0.5, 0.6) is 0 Å². The Balaban J connectivity index is 2.85. The summed E-state index contributed by atoms with van der Waals surface area (Å²) in [6, 6.07) is 6.29. The monoisotopic (exact) mass is 393 g/mol. The smallest absolute Gasteiger partial charge is 0.326 e. The predicted octanol–water partition coefficient (Wildman–Crippen LogP) is 3.19. The van der Waals surface area contributed by atoms with Crippen molar-refractivity contribution in [2.75, 3.05) is 5.32 Å². The highest BCUT2D eigenvalue weighted by Gasteiger charge is 2.22. The van der Waals surface area contributed by atoms with Gasteiger partial charge in [-0.3, -0.25) is 4.79 Å². The lowest BCUT2D eigenvalue weighted by atomic mass is 10.0. The van der Waals surface area contributed by atoms with Gasteiger partial charge in [-0.1, -0.05) is 29.8 Å². The highest BCUT2D eigenvalue weighted by Crippen LogP contribution is 2.20. The van der Waals surface area contributed by atoms with Crippen LogP contribution in [0.4, 0.5) is 5.69 Å². The van der Waals surface area contributed by atoms with Gasteiger partial charge in [-0.25, -0.2) is 4.79 Å². The molecule has 0 saturated carbocycles. The average molecular weight is 394 g/mol. The molecule has 1 atom stereocenters. The Morgan fingerprint density at radius 3 is 2.58 bits per heavy atom. The van der Waals surface area contributed by atoms with E-state index in [0.717, 1.165) is 15.7 Å². The number of carboxylic acids is 1. The van der Waals surface area contributed by atoms with E-state index < -0.39 is 17.9 Å². The minimum Gasteiger partial charge on any atom is -0.480 e. The number of nitrogens with zero attached hydrogens (tertiary/aromatic N) is 1. The molecule has 6 nitrogen and oxygen atoms in total. The maximum absolute atomic E-state index is 12.1. The van der Waals surface area contributed by atoms with Crippen molar-refractivity contribution >= 4 is 33.5 Å². The summed E-state index contributed by atoms with van der Waals surface area (Å²) >= 11 is 3.36. The van der Waals surface area contributed by atoms with Crippen molar-refractivity contribution in [3.8, 4) is 6.07 Å². The number of aryl methyl sites for hydroxylation is 1. The summed E-state index contributed by atoms with van der Waals surface area (Å²) in [4.78, 5) is 23.3. The first kappa shape index (κ1) is 19.7. The number of hydrogen-bond donors (Lipinski definition) is 3. The van der Waals surface area contributed by atoms with E-state index in [1.165, 1.54) is 6.20 Å². The standard InChI is InChI=1S/C17H20BrN3O3/c1-10(2)6-15(17(23)24)21-16(22)12(8-19)9-20-14-5-4-13(18)7-11(14)3/h4-5,7,9-10,15,20H,6H2,1-3H3,(H,21,22)(H,23,24)/b12-9-. The van der Waals surface area contributed by atoms with Gasteiger partial charge in [0.1, 0.15) is 17.7 Å². The minimum absolute atomic E-state index is 0.101. The minimum atomic E-state index is -1.12. The summed E-state index contributed by atoms with van der Waals surface area (Å²) in [7, 11) is 0. The number of benzene rings is 1. The Labute approximate surface area is 149 Å². The number of amides is 1. The molecule has 1 aromatic rings. The Morgan fingerprint density at radius 1 is 1.42 bits per heavy atom. The Kier molecular flexibility index (Phi) is 7.46. The lowest BCUT2D eigenvalue weighted by Crippen LogP contribution is -2.42. The molecular formula is C17H20BrN3O3. The predicted molar refractivity (Wildman–Crippen MR) is 95.2 cm³/mol. The van der Waals surface area contributed by atoms with Crippen molar-refractivity contribution in [3.05, 3.63) is 40.0 Å². The van der Waals surface area contributed by atoms with E-state index in [1.807, 2.05) is 39.0 Å². The first-order valence-corrected chi connectivity index (χ1v) is 8.20. The normalized spacial score (nSPS) is 12.4. The van der Waals surface area contributed by atoms with Gasteiger partial charge in [-0.05, 0) is 43.0 Å². The molecular weight excluding hydrogens is 374 g/mol. The van der Waals surface area contributed by atoms with Crippen molar-refractivity contribution < 1.29 is 14.7 Å². The average Bonchev–Trinajstić information content (AvgIpc) is 2.48. The van der Waals surface area contributed by atoms with Gasteiger partial charge in [0.15, 0.2) is 0 Å². The topological polar surface area (TPSA) is 102 Å². The molecule has 24 heavy (non-hydrogen) atoms. The molecule has 7 heteroatoms. The Morgan fingerprint density at radius 2 is 2.08 bits per heavy atom. The molecule has 0 bridgehead atoms. The number of carbonyl (C=O) groups excluding carboxylic acids is 1. The fourth-order valence-electron chi connectivity index (χ4n) is 2.02. The van der Waals surface area contributed by atoms with Gasteiger partial charge in [-0.2, -0.15) is 5.26 Å². The molecule has 1 unspecified atom stereocenters. The van der Waals surface area contributed by atoms with Gasteiger partial charge >= 0.3 is 5.97 Å². The van der Waals surface area contributed by atoms with Crippen LogP contribution in [0, 0.1) is 24.2 Å². The summed E-state index contributed by atoms with van der Waals surface area (Å²) < 4.78 is 0.922. The number of rotatable bonds is 7. The lowest BCUT2D eigenvalue weighted by Gasteiger charge is -2.16. The number of carboxylic acid groups (broad SMARTS) is 1. The lowest BCUT2D eigenvalue weighted by molar-refractivity contribution is -0.141. The highest BCUT2D eigenvalue weighted by atomic mass is 79.9.